The van der Waals surface area contributed by atoms with Gasteiger partial charge in [0.15, 0.2) is 0 Å². The molecule has 18 heavy (non-hydrogen) atoms. The van der Waals surface area contributed by atoms with Crippen LogP contribution in [0.5, 0.6) is 6.01 Å². The van der Waals surface area contributed by atoms with Crippen LogP contribution in [0.2, 0.25) is 10.0 Å². The number of carbonyl (C=O) groups is 1. The average molecular weight is 289 g/mol. The van der Waals surface area contributed by atoms with E-state index in [4.69, 9.17) is 33.0 Å². The predicted octanol–water partition coefficient (Wildman–Crippen LogP) is 2.83. The molecule has 0 amide bonds. The quantitative estimate of drug-likeness (QED) is 0.940. The normalized spacial score (nSPS) is 10.8. The third-order valence-corrected chi connectivity index (χ3v) is 3.04. The molecule has 1 N–H and O–H groups in total. The first kappa shape index (κ1) is 13.0. The van der Waals surface area contributed by atoms with E-state index in [0.717, 1.165) is 0 Å². The molecule has 0 saturated heterocycles. The summed E-state index contributed by atoms with van der Waals surface area (Å²) in [5.41, 5.74) is 1.13. The van der Waals surface area contributed by atoms with Crippen LogP contribution < -0.4 is 4.74 Å². The molecule has 0 spiro atoms. The number of aromatic nitrogens is 2. The number of nitrogens with zero attached hydrogens (tertiary/aromatic N) is 2. The second-order valence-electron chi connectivity index (χ2n) is 3.56. The Morgan fingerprint density at radius 3 is 2.72 bits per heavy atom. The molecule has 1 aromatic heterocycles. The highest BCUT2D eigenvalue weighted by Crippen LogP contribution is 2.30. The second-order valence-corrected chi connectivity index (χ2v) is 4.38. The van der Waals surface area contributed by atoms with Gasteiger partial charge in [0.05, 0.1) is 27.7 Å². The first-order valence-electron chi connectivity index (χ1n) is 5.22. The summed E-state index contributed by atoms with van der Waals surface area (Å²) in [6.07, 6.45) is 0. The van der Waals surface area contributed by atoms with Crippen LogP contribution in [0, 0.1) is 0 Å². The van der Waals surface area contributed by atoms with Gasteiger partial charge in [-0.25, -0.2) is 0 Å². The predicted molar refractivity (Wildman–Crippen MR) is 68.6 cm³/mol. The highest BCUT2D eigenvalue weighted by Gasteiger charge is 2.15. The standard InChI is InChI=1S/C11H10Cl2N2O3/c1-2-18-11-14-8-3-6(12)7(13)4-9(8)15(11)5-10(16)17/h3-4H,2,5H2,1H3,(H,16,17). The Hall–Kier alpha value is -1.46. The van der Waals surface area contributed by atoms with E-state index in [-0.39, 0.29) is 12.6 Å². The molecule has 1 aromatic carbocycles. The molecular weight excluding hydrogens is 279 g/mol. The molecule has 0 atom stereocenters. The van der Waals surface area contributed by atoms with Crippen molar-refractivity contribution in [2.45, 2.75) is 13.5 Å². The molecule has 0 radical (unpaired) electrons. The molecule has 0 aliphatic heterocycles. The van der Waals surface area contributed by atoms with Crippen LogP contribution >= 0.6 is 23.2 Å². The molecule has 0 bridgehead atoms. The Labute approximate surface area is 113 Å². The molecule has 0 fully saturated rings. The summed E-state index contributed by atoms with van der Waals surface area (Å²) in [7, 11) is 0. The number of imidazole rings is 1. The maximum Gasteiger partial charge on any atom is 0.323 e. The van der Waals surface area contributed by atoms with E-state index in [2.05, 4.69) is 4.98 Å². The molecule has 2 aromatic rings. The largest absolute Gasteiger partial charge is 0.480 e. The van der Waals surface area contributed by atoms with Crippen LogP contribution in [-0.2, 0) is 11.3 Å². The molecule has 0 unspecified atom stereocenters. The van der Waals surface area contributed by atoms with Crippen LogP contribution in [0.4, 0.5) is 0 Å². The average Bonchev–Trinajstić information content (AvgIpc) is 2.58. The van der Waals surface area contributed by atoms with Crippen molar-refractivity contribution in [3.05, 3.63) is 22.2 Å². The monoisotopic (exact) mass is 288 g/mol. The topological polar surface area (TPSA) is 64.4 Å². The minimum absolute atomic E-state index is 0.244. The fourth-order valence-electron chi connectivity index (χ4n) is 1.63. The zero-order chi connectivity index (χ0) is 13.3. The van der Waals surface area contributed by atoms with Gasteiger partial charge >= 0.3 is 5.97 Å². The molecule has 0 aliphatic carbocycles. The van der Waals surface area contributed by atoms with Crippen molar-refractivity contribution in [2.24, 2.45) is 0 Å². The number of hydrogen-bond acceptors (Lipinski definition) is 3. The summed E-state index contributed by atoms with van der Waals surface area (Å²) in [6, 6.07) is 3.41. The van der Waals surface area contributed by atoms with E-state index in [1.54, 1.807) is 19.1 Å². The van der Waals surface area contributed by atoms with Crippen molar-refractivity contribution in [2.75, 3.05) is 6.61 Å². The number of hydrogen-bond donors (Lipinski definition) is 1. The molecule has 1 heterocycles. The van der Waals surface area contributed by atoms with Crippen molar-refractivity contribution < 1.29 is 14.6 Å². The van der Waals surface area contributed by atoms with E-state index in [9.17, 15) is 4.79 Å². The van der Waals surface area contributed by atoms with Gasteiger partial charge in [-0.3, -0.25) is 9.36 Å². The SMILES string of the molecule is CCOc1nc2cc(Cl)c(Cl)cc2n1CC(=O)O. The first-order chi connectivity index (χ1) is 8.52. The maximum absolute atomic E-state index is 10.9. The first-order valence-corrected chi connectivity index (χ1v) is 5.98. The lowest BCUT2D eigenvalue weighted by atomic mass is 10.3. The van der Waals surface area contributed by atoms with Gasteiger partial charge < -0.3 is 9.84 Å². The number of aliphatic carboxylic acids is 1. The number of fused-ring (bicyclic) bond motifs is 1. The smallest absolute Gasteiger partial charge is 0.323 e. The van der Waals surface area contributed by atoms with Crippen LogP contribution in [0.15, 0.2) is 12.1 Å². The summed E-state index contributed by atoms with van der Waals surface area (Å²) >= 11 is 11.8. The van der Waals surface area contributed by atoms with Gasteiger partial charge in [0.25, 0.3) is 6.01 Å². The van der Waals surface area contributed by atoms with Crippen LogP contribution in [0.25, 0.3) is 11.0 Å². The Bertz CT molecular complexity index is 610. The Balaban J connectivity index is 2.64. The summed E-state index contributed by atoms with van der Waals surface area (Å²) < 4.78 is 6.75. The zero-order valence-corrected chi connectivity index (χ0v) is 11.0. The van der Waals surface area contributed by atoms with E-state index >= 15 is 0 Å². The molecule has 2 rings (SSSR count). The minimum atomic E-state index is -0.985. The van der Waals surface area contributed by atoms with Crippen LogP contribution in [-0.4, -0.2) is 27.2 Å². The molecule has 0 saturated carbocycles. The Morgan fingerprint density at radius 2 is 2.11 bits per heavy atom. The number of halogens is 2. The molecule has 96 valence electrons. The summed E-state index contributed by atoms with van der Waals surface area (Å²) in [4.78, 5) is 15.0. The fraction of sp³-hybridized carbons (Fsp3) is 0.273. The van der Waals surface area contributed by atoms with Gasteiger partial charge in [-0.05, 0) is 19.1 Å². The van der Waals surface area contributed by atoms with Crippen LogP contribution in [0.1, 0.15) is 6.92 Å². The van der Waals surface area contributed by atoms with E-state index in [1.165, 1.54) is 4.57 Å². The molecular formula is C11H10Cl2N2O3. The van der Waals surface area contributed by atoms with E-state index in [1.807, 2.05) is 0 Å². The summed E-state index contributed by atoms with van der Waals surface area (Å²) in [5.74, 6) is -0.985. The number of benzene rings is 1. The number of carboxylic acid groups (broad SMARTS) is 1. The number of rotatable bonds is 4. The van der Waals surface area contributed by atoms with E-state index < -0.39 is 5.97 Å². The second kappa shape index (κ2) is 5.04. The third-order valence-electron chi connectivity index (χ3n) is 2.32. The zero-order valence-electron chi connectivity index (χ0n) is 9.48. The lowest BCUT2D eigenvalue weighted by Gasteiger charge is -2.06. The molecule has 0 aliphatic rings. The highest BCUT2D eigenvalue weighted by molar-refractivity contribution is 6.42. The number of carboxylic acids is 1. The van der Waals surface area contributed by atoms with Crippen molar-refractivity contribution in [3.8, 4) is 6.01 Å². The molecule has 5 nitrogen and oxygen atoms in total. The summed E-state index contributed by atoms with van der Waals surface area (Å²) in [5, 5.41) is 9.61. The molecule has 7 heteroatoms. The van der Waals surface area contributed by atoms with Crippen molar-refractivity contribution in [1.29, 1.82) is 0 Å². The van der Waals surface area contributed by atoms with Crippen molar-refractivity contribution in [3.63, 3.8) is 0 Å². The van der Waals surface area contributed by atoms with E-state index in [0.29, 0.717) is 27.7 Å². The van der Waals surface area contributed by atoms with Gasteiger partial charge in [-0.2, -0.15) is 4.98 Å². The Kier molecular flexibility index (Phi) is 3.63. The van der Waals surface area contributed by atoms with Gasteiger partial charge in [0.1, 0.15) is 6.54 Å². The third kappa shape index (κ3) is 2.37. The summed E-state index contributed by atoms with van der Waals surface area (Å²) in [6.45, 7) is 1.94. The lowest BCUT2D eigenvalue weighted by molar-refractivity contribution is -0.137. The number of ether oxygens (including phenoxy) is 1. The van der Waals surface area contributed by atoms with Gasteiger partial charge in [-0.15, -0.1) is 0 Å². The highest BCUT2D eigenvalue weighted by atomic mass is 35.5. The van der Waals surface area contributed by atoms with Gasteiger partial charge in [-0.1, -0.05) is 23.2 Å². The van der Waals surface area contributed by atoms with Crippen molar-refractivity contribution >= 4 is 40.2 Å². The van der Waals surface area contributed by atoms with Gasteiger partial charge in [0.2, 0.25) is 0 Å². The fourth-order valence-corrected chi connectivity index (χ4v) is 1.94. The van der Waals surface area contributed by atoms with Crippen molar-refractivity contribution in [1.82, 2.24) is 9.55 Å². The van der Waals surface area contributed by atoms with Gasteiger partial charge in [0, 0.05) is 0 Å². The maximum atomic E-state index is 10.9. The lowest BCUT2D eigenvalue weighted by Crippen LogP contribution is -2.11. The Morgan fingerprint density at radius 1 is 1.44 bits per heavy atom. The van der Waals surface area contributed by atoms with Crippen LogP contribution in [0.3, 0.4) is 0 Å². The minimum Gasteiger partial charge on any atom is -0.480 e.